The maximum absolute atomic E-state index is 13.2. The number of esters is 1. The highest BCUT2D eigenvalue weighted by atomic mass is 32.2. The second-order valence-electron chi connectivity index (χ2n) is 9.16. The van der Waals surface area contributed by atoms with Gasteiger partial charge in [0.05, 0.1) is 24.0 Å². The Labute approximate surface area is 214 Å². The fraction of sp³-hybridized carbons (Fsp3) is 0.480. The second kappa shape index (κ2) is 11.3. The normalized spacial score (nSPS) is 14.1. The SMILES string of the molecule is CCOC(=O)c1c(NC(=O)C(CC)Sc2cccc(N)c2)sc2c1CCN(C(=O)OC(C)(C)C)C2. The molecule has 0 saturated heterocycles. The van der Waals surface area contributed by atoms with Gasteiger partial charge in [-0.3, -0.25) is 4.79 Å². The molecule has 3 rings (SSSR count). The van der Waals surface area contributed by atoms with Gasteiger partial charge in [-0.1, -0.05) is 13.0 Å². The van der Waals surface area contributed by atoms with Crippen LogP contribution < -0.4 is 11.1 Å². The number of hydrogen-bond acceptors (Lipinski definition) is 8. The molecule has 0 saturated carbocycles. The highest BCUT2D eigenvalue weighted by molar-refractivity contribution is 8.00. The number of amides is 2. The summed E-state index contributed by atoms with van der Waals surface area (Å²) in [5, 5.41) is 3.05. The maximum atomic E-state index is 13.2. The van der Waals surface area contributed by atoms with Crippen molar-refractivity contribution < 1.29 is 23.9 Å². The van der Waals surface area contributed by atoms with E-state index in [2.05, 4.69) is 5.32 Å². The number of benzene rings is 1. The van der Waals surface area contributed by atoms with Gasteiger partial charge in [0.25, 0.3) is 0 Å². The Bertz CT molecular complexity index is 1090. The fourth-order valence-corrected chi connectivity index (χ4v) is 5.94. The average Bonchev–Trinajstić information content (AvgIpc) is 3.13. The zero-order valence-corrected chi connectivity index (χ0v) is 22.4. The number of thiophene rings is 1. The van der Waals surface area contributed by atoms with E-state index in [9.17, 15) is 14.4 Å². The number of nitrogens with one attached hydrogen (secondary N) is 1. The summed E-state index contributed by atoms with van der Waals surface area (Å²) in [6.07, 6.45) is 0.673. The number of anilines is 2. The maximum Gasteiger partial charge on any atom is 0.410 e. The molecule has 0 aliphatic carbocycles. The van der Waals surface area contributed by atoms with Crippen molar-refractivity contribution in [1.29, 1.82) is 0 Å². The number of carbonyl (C=O) groups excluding carboxylic acids is 3. The summed E-state index contributed by atoms with van der Waals surface area (Å²) in [6, 6.07) is 7.40. The quantitative estimate of drug-likeness (QED) is 0.290. The number of ether oxygens (including phenoxy) is 2. The van der Waals surface area contributed by atoms with Gasteiger partial charge in [-0.15, -0.1) is 23.1 Å². The summed E-state index contributed by atoms with van der Waals surface area (Å²) in [6.45, 7) is 10.1. The zero-order valence-electron chi connectivity index (χ0n) is 20.8. The molecule has 0 spiro atoms. The van der Waals surface area contributed by atoms with Crippen molar-refractivity contribution in [2.75, 3.05) is 24.2 Å². The molecule has 0 radical (unpaired) electrons. The lowest BCUT2D eigenvalue weighted by Crippen LogP contribution is -2.39. The molecule has 2 aromatic rings. The Kier molecular flexibility index (Phi) is 8.71. The highest BCUT2D eigenvalue weighted by Gasteiger charge is 2.33. The van der Waals surface area contributed by atoms with E-state index >= 15 is 0 Å². The second-order valence-corrected chi connectivity index (χ2v) is 11.5. The molecule has 1 unspecified atom stereocenters. The van der Waals surface area contributed by atoms with Crippen LogP contribution in [0.4, 0.5) is 15.5 Å². The standard InChI is InChI=1S/C25H33N3O5S2/c1-6-18(34-16-10-8-9-15(26)13-16)21(29)27-22-20(23(30)32-7-2)17-11-12-28(14-19(17)35-22)24(31)33-25(3,4)5/h8-10,13,18H,6-7,11-12,14,26H2,1-5H3,(H,27,29). The Morgan fingerprint density at radius 3 is 2.63 bits per heavy atom. The molecule has 35 heavy (non-hydrogen) atoms. The third kappa shape index (κ3) is 6.91. The van der Waals surface area contributed by atoms with Crippen LogP contribution in [0, 0.1) is 0 Å². The van der Waals surface area contributed by atoms with Crippen molar-refractivity contribution in [3.8, 4) is 0 Å². The summed E-state index contributed by atoms with van der Waals surface area (Å²) < 4.78 is 10.8. The largest absolute Gasteiger partial charge is 0.462 e. The Balaban J connectivity index is 1.84. The lowest BCUT2D eigenvalue weighted by molar-refractivity contribution is -0.115. The number of hydrogen-bond donors (Lipinski definition) is 2. The van der Waals surface area contributed by atoms with Gasteiger partial charge in [0.1, 0.15) is 10.6 Å². The van der Waals surface area contributed by atoms with Gasteiger partial charge < -0.3 is 25.4 Å². The van der Waals surface area contributed by atoms with Crippen molar-refractivity contribution in [2.24, 2.45) is 0 Å². The summed E-state index contributed by atoms with van der Waals surface area (Å²) in [7, 11) is 0. The van der Waals surface area contributed by atoms with Crippen LogP contribution in [0.1, 0.15) is 61.8 Å². The third-order valence-corrected chi connectivity index (χ3v) is 7.71. The van der Waals surface area contributed by atoms with Gasteiger partial charge in [0.15, 0.2) is 0 Å². The van der Waals surface area contributed by atoms with Crippen LogP contribution in [0.5, 0.6) is 0 Å². The molecule has 2 heterocycles. The van der Waals surface area contributed by atoms with Gasteiger partial charge in [0, 0.05) is 22.0 Å². The minimum Gasteiger partial charge on any atom is -0.462 e. The van der Waals surface area contributed by atoms with E-state index in [1.165, 1.54) is 23.1 Å². The Morgan fingerprint density at radius 2 is 2.00 bits per heavy atom. The van der Waals surface area contributed by atoms with Crippen LogP contribution in [0.2, 0.25) is 0 Å². The molecule has 3 N–H and O–H groups in total. The molecule has 1 aromatic heterocycles. The van der Waals surface area contributed by atoms with Crippen molar-refractivity contribution in [3.63, 3.8) is 0 Å². The average molecular weight is 520 g/mol. The van der Waals surface area contributed by atoms with Gasteiger partial charge in [0.2, 0.25) is 5.91 Å². The molecule has 8 nitrogen and oxygen atoms in total. The molecular formula is C25H33N3O5S2. The van der Waals surface area contributed by atoms with Gasteiger partial charge in [-0.05, 0) is 64.3 Å². The molecule has 1 aliphatic heterocycles. The van der Waals surface area contributed by atoms with E-state index in [1.807, 2.05) is 45.9 Å². The van der Waals surface area contributed by atoms with Crippen molar-refractivity contribution >= 4 is 51.8 Å². The molecule has 1 aromatic carbocycles. The predicted molar refractivity (Wildman–Crippen MR) is 140 cm³/mol. The molecular weight excluding hydrogens is 486 g/mol. The minimum atomic E-state index is -0.599. The van der Waals surface area contributed by atoms with Gasteiger partial charge >= 0.3 is 12.1 Å². The van der Waals surface area contributed by atoms with Crippen LogP contribution in [-0.4, -0.2) is 46.9 Å². The van der Waals surface area contributed by atoms with E-state index in [0.717, 1.165) is 15.3 Å². The molecule has 0 fully saturated rings. The molecule has 0 bridgehead atoms. The number of fused-ring (bicyclic) bond motifs is 1. The van der Waals surface area contributed by atoms with Crippen LogP contribution in [0.3, 0.4) is 0 Å². The van der Waals surface area contributed by atoms with Crippen molar-refractivity contribution in [1.82, 2.24) is 4.90 Å². The molecule has 190 valence electrons. The molecule has 1 atom stereocenters. The van der Waals surface area contributed by atoms with E-state index < -0.39 is 17.7 Å². The first-order chi connectivity index (χ1) is 16.5. The first kappa shape index (κ1) is 26.9. The Morgan fingerprint density at radius 1 is 1.26 bits per heavy atom. The van der Waals surface area contributed by atoms with E-state index in [1.54, 1.807) is 17.9 Å². The van der Waals surface area contributed by atoms with Crippen LogP contribution in [0.25, 0.3) is 0 Å². The highest BCUT2D eigenvalue weighted by Crippen LogP contribution is 2.39. The van der Waals surface area contributed by atoms with E-state index in [-0.39, 0.29) is 17.8 Å². The van der Waals surface area contributed by atoms with Crippen molar-refractivity contribution in [2.45, 2.75) is 69.8 Å². The first-order valence-electron chi connectivity index (χ1n) is 11.6. The van der Waals surface area contributed by atoms with Crippen LogP contribution >= 0.6 is 23.1 Å². The van der Waals surface area contributed by atoms with E-state index in [0.29, 0.717) is 42.2 Å². The monoisotopic (exact) mass is 519 g/mol. The number of thioether (sulfide) groups is 1. The summed E-state index contributed by atoms with van der Waals surface area (Å²) in [5.41, 5.74) is 7.12. The topological polar surface area (TPSA) is 111 Å². The lowest BCUT2D eigenvalue weighted by atomic mass is 10.0. The number of nitrogens with two attached hydrogens (primary N) is 1. The number of nitrogens with zero attached hydrogens (tertiary/aromatic N) is 1. The van der Waals surface area contributed by atoms with Crippen LogP contribution in [0.15, 0.2) is 29.2 Å². The smallest absolute Gasteiger partial charge is 0.410 e. The summed E-state index contributed by atoms with van der Waals surface area (Å²) in [4.78, 5) is 42.0. The number of carbonyl (C=O) groups is 3. The predicted octanol–water partition coefficient (Wildman–Crippen LogP) is 5.31. The van der Waals surface area contributed by atoms with Gasteiger partial charge in [-0.2, -0.15) is 0 Å². The fourth-order valence-electron chi connectivity index (χ4n) is 3.66. The third-order valence-electron chi connectivity index (χ3n) is 5.22. The lowest BCUT2D eigenvalue weighted by Gasteiger charge is -2.30. The van der Waals surface area contributed by atoms with Crippen LogP contribution in [-0.2, 0) is 27.2 Å². The molecule has 1 aliphatic rings. The molecule has 2 amide bonds. The number of rotatable bonds is 7. The Hall–Kier alpha value is -2.72. The first-order valence-corrected chi connectivity index (χ1v) is 13.3. The minimum absolute atomic E-state index is 0.201. The van der Waals surface area contributed by atoms with E-state index in [4.69, 9.17) is 15.2 Å². The van der Waals surface area contributed by atoms with Gasteiger partial charge in [-0.25, -0.2) is 9.59 Å². The number of nitrogen functional groups attached to an aromatic ring is 1. The zero-order chi connectivity index (χ0) is 25.8. The molecule has 10 heteroatoms. The summed E-state index contributed by atoms with van der Waals surface area (Å²) in [5.74, 6) is -0.671. The summed E-state index contributed by atoms with van der Waals surface area (Å²) >= 11 is 2.73. The van der Waals surface area contributed by atoms with Crippen molar-refractivity contribution in [3.05, 3.63) is 40.3 Å².